The fourth-order valence-electron chi connectivity index (χ4n) is 1.80. The Labute approximate surface area is 104 Å². The lowest BCUT2D eigenvalue weighted by molar-refractivity contribution is 0.129. The normalized spacial score (nSPS) is 21.4. The maximum atomic E-state index is 12.0. The minimum atomic E-state index is -3.41. The monoisotopic (exact) mass is 264 g/mol. The molecule has 0 spiro atoms. The van der Waals surface area contributed by atoms with Gasteiger partial charge in [-0.15, -0.1) is 0 Å². The second kappa shape index (κ2) is 6.68. The van der Waals surface area contributed by atoms with E-state index in [1.54, 1.807) is 0 Å². The lowest BCUT2D eigenvalue weighted by atomic mass is 10.1. The summed E-state index contributed by atoms with van der Waals surface area (Å²) in [4.78, 5) is 0. The van der Waals surface area contributed by atoms with Crippen LogP contribution < -0.4 is 4.72 Å². The van der Waals surface area contributed by atoms with Crippen molar-refractivity contribution in [3.8, 4) is 0 Å². The van der Waals surface area contributed by atoms with Gasteiger partial charge in [0.15, 0.2) is 0 Å². The van der Waals surface area contributed by atoms with Crippen molar-refractivity contribution < 1.29 is 13.5 Å². The molecule has 1 saturated heterocycles. The molecular formula is C11H24N2O3S. The van der Waals surface area contributed by atoms with Crippen LogP contribution >= 0.6 is 0 Å². The lowest BCUT2D eigenvalue weighted by Crippen LogP contribution is -2.44. The zero-order chi connectivity index (χ0) is 12.9. The number of nitrogens with one attached hydrogen (secondary N) is 1. The quantitative estimate of drug-likeness (QED) is 0.768. The average Bonchev–Trinajstić information content (AvgIpc) is 2.54. The maximum Gasteiger partial charge on any atom is 0.279 e. The Bertz CT molecular complexity index is 309. The summed E-state index contributed by atoms with van der Waals surface area (Å²) in [5.74, 6) is 0.0573. The summed E-state index contributed by atoms with van der Waals surface area (Å²) >= 11 is 0. The Kier molecular flexibility index (Phi) is 5.85. The van der Waals surface area contributed by atoms with Crippen LogP contribution in [-0.2, 0) is 10.2 Å². The third kappa shape index (κ3) is 4.91. The van der Waals surface area contributed by atoms with Gasteiger partial charge in [0, 0.05) is 19.6 Å². The molecule has 5 nitrogen and oxygen atoms in total. The van der Waals surface area contributed by atoms with E-state index in [1.165, 1.54) is 4.31 Å². The second-order valence-electron chi connectivity index (χ2n) is 4.98. The van der Waals surface area contributed by atoms with Crippen molar-refractivity contribution in [2.45, 2.75) is 45.6 Å². The van der Waals surface area contributed by atoms with E-state index >= 15 is 0 Å². The molecule has 0 aromatic heterocycles. The Morgan fingerprint density at radius 3 is 2.18 bits per heavy atom. The summed E-state index contributed by atoms with van der Waals surface area (Å²) in [6.07, 6.45) is 3.42. The molecule has 0 aliphatic carbocycles. The Morgan fingerprint density at radius 1 is 1.18 bits per heavy atom. The largest absolute Gasteiger partial charge is 0.391 e. The number of rotatable bonds is 5. The standard InChI is InChI=1S/C11H24N2O3S/c1-10(2)11(14)9-12-17(15,16)13-7-5-3-4-6-8-13/h10-12,14H,3-9H2,1-2H3. The first-order valence-electron chi connectivity index (χ1n) is 6.36. The molecule has 1 atom stereocenters. The molecule has 0 bridgehead atoms. The molecule has 0 radical (unpaired) electrons. The summed E-state index contributed by atoms with van der Waals surface area (Å²) < 4.78 is 27.9. The van der Waals surface area contributed by atoms with Crippen LogP contribution in [0.3, 0.4) is 0 Å². The highest BCUT2D eigenvalue weighted by molar-refractivity contribution is 7.87. The molecule has 6 heteroatoms. The Hall–Kier alpha value is -0.170. The van der Waals surface area contributed by atoms with Gasteiger partial charge in [0.05, 0.1) is 6.10 Å². The highest BCUT2D eigenvalue weighted by Crippen LogP contribution is 2.12. The van der Waals surface area contributed by atoms with E-state index in [9.17, 15) is 13.5 Å². The lowest BCUT2D eigenvalue weighted by Gasteiger charge is -2.22. The predicted molar refractivity (Wildman–Crippen MR) is 67.8 cm³/mol. The first-order valence-corrected chi connectivity index (χ1v) is 7.80. The number of nitrogens with zero attached hydrogens (tertiary/aromatic N) is 1. The van der Waals surface area contributed by atoms with Crippen molar-refractivity contribution >= 4 is 10.2 Å². The van der Waals surface area contributed by atoms with Gasteiger partial charge in [-0.3, -0.25) is 0 Å². The highest BCUT2D eigenvalue weighted by atomic mass is 32.2. The smallest absolute Gasteiger partial charge is 0.279 e. The summed E-state index contributed by atoms with van der Waals surface area (Å²) in [5.41, 5.74) is 0. The van der Waals surface area contributed by atoms with Crippen LogP contribution in [0.2, 0.25) is 0 Å². The van der Waals surface area contributed by atoms with Crippen LogP contribution in [0.1, 0.15) is 39.5 Å². The average molecular weight is 264 g/mol. The van der Waals surface area contributed by atoms with Crippen molar-refractivity contribution in [1.29, 1.82) is 0 Å². The summed E-state index contributed by atoms with van der Waals surface area (Å²) in [5, 5.41) is 9.60. The third-order valence-electron chi connectivity index (χ3n) is 3.15. The summed E-state index contributed by atoms with van der Waals surface area (Å²) in [6.45, 7) is 5.01. The van der Waals surface area contributed by atoms with Crippen LogP contribution in [0, 0.1) is 5.92 Å². The highest BCUT2D eigenvalue weighted by Gasteiger charge is 2.23. The molecule has 2 N–H and O–H groups in total. The maximum absolute atomic E-state index is 12.0. The topological polar surface area (TPSA) is 69.6 Å². The van der Waals surface area contributed by atoms with Gasteiger partial charge in [-0.05, 0) is 18.8 Å². The second-order valence-corrected chi connectivity index (χ2v) is 6.73. The van der Waals surface area contributed by atoms with Gasteiger partial charge in [0.1, 0.15) is 0 Å². The van der Waals surface area contributed by atoms with Gasteiger partial charge in [-0.1, -0.05) is 26.7 Å². The van der Waals surface area contributed by atoms with Crippen LogP contribution in [0.5, 0.6) is 0 Å². The van der Waals surface area contributed by atoms with Gasteiger partial charge >= 0.3 is 0 Å². The van der Waals surface area contributed by atoms with E-state index < -0.39 is 16.3 Å². The van der Waals surface area contributed by atoms with Crippen LogP contribution in [0.4, 0.5) is 0 Å². The molecule has 0 amide bonds. The molecule has 0 saturated carbocycles. The predicted octanol–water partition coefficient (Wildman–Crippen LogP) is 0.714. The zero-order valence-corrected chi connectivity index (χ0v) is 11.5. The SMILES string of the molecule is CC(C)C(O)CNS(=O)(=O)N1CCCCCC1. The van der Waals surface area contributed by atoms with Gasteiger partial charge in [0.2, 0.25) is 0 Å². The first-order chi connectivity index (χ1) is 7.93. The zero-order valence-electron chi connectivity index (χ0n) is 10.7. The fourth-order valence-corrected chi connectivity index (χ4v) is 3.10. The minimum absolute atomic E-state index is 0.0573. The number of aliphatic hydroxyl groups excluding tert-OH is 1. The minimum Gasteiger partial charge on any atom is -0.391 e. The van der Waals surface area contributed by atoms with E-state index in [0.29, 0.717) is 13.1 Å². The number of hydrogen-bond acceptors (Lipinski definition) is 3. The van der Waals surface area contributed by atoms with Crippen molar-refractivity contribution in [2.24, 2.45) is 5.92 Å². The van der Waals surface area contributed by atoms with E-state index in [4.69, 9.17) is 0 Å². The van der Waals surface area contributed by atoms with Crippen molar-refractivity contribution in [3.05, 3.63) is 0 Å². The summed E-state index contributed by atoms with van der Waals surface area (Å²) in [6, 6.07) is 0. The molecule has 1 rings (SSSR count). The van der Waals surface area contributed by atoms with E-state index in [1.807, 2.05) is 13.8 Å². The first kappa shape index (κ1) is 14.9. The number of aliphatic hydroxyl groups is 1. The van der Waals surface area contributed by atoms with E-state index in [-0.39, 0.29) is 12.5 Å². The Morgan fingerprint density at radius 2 is 1.71 bits per heavy atom. The fraction of sp³-hybridized carbons (Fsp3) is 1.00. The van der Waals surface area contributed by atoms with Gasteiger partial charge in [-0.25, -0.2) is 0 Å². The summed E-state index contributed by atoms with van der Waals surface area (Å²) in [7, 11) is -3.41. The van der Waals surface area contributed by atoms with Crippen LogP contribution in [0.15, 0.2) is 0 Å². The van der Waals surface area contributed by atoms with Gasteiger partial charge < -0.3 is 5.11 Å². The van der Waals surface area contributed by atoms with Crippen molar-refractivity contribution in [3.63, 3.8) is 0 Å². The third-order valence-corrected chi connectivity index (χ3v) is 4.73. The molecule has 1 aliphatic rings. The van der Waals surface area contributed by atoms with Crippen molar-refractivity contribution in [2.75, 3.05) is 19.6 Å². The Balaban J connectivity index is 2.49. The number of hydrogen-bond donors (Lipinski definition) is 2. The van der Waals surface area contributed by atoms with Gasteiger partial charge in [0.25, 0.3) is 10.2 Å². The van der Waals surface area contributed by atoms with Crippen molar-refractivity contribution in [1.82, 2.24) is 9.03 Å². The van der Waals surface area contributed by atoms with Gasteiger partial charge in [-0.2, -0.15) is 17.4 Å². The molecule has 1 unspecified atom stereocenters. The molecule has 1 fully saturated rings. The molecule has 1 heterocycles. The molecule has 102 valence electrons. The molecular weight excluding hydrogens is 240 g/mol. The molecule has 17 heavy (non-hydrogen) atoms. The molecule has 0 aromatic carbocycles. The van der Waals surface area contributed by atoms with E-state index in [0.717, 1.165) is 25.7 Å². The van der Waals surface area contributed by atoms with E-state index in [2.05, 4.69) is 4.72 Å². The van der Waals surface area contributed by atoms with Crippen LogP contribution in [-0.4, -0.2) is 43.6 Å². The molecule has 1 aliphatic heterocycles. The molecule has 0 aromatic rings. The van der Waals surface area contributed by atoms with Crippen LogP contribution in [0.25, 0.3) is 0 Å².